The number of aryl methyl sites for hydroxylation is 1. The van der Waals surface area contributed by atoms with Gasteiger partial charge in [0.2, 0.25) is 5.82 Å². The van der Waals surface area contributed by atoms with Crippen molar-refractivity contribution in [2.45, 2.75) is 38.7 Å². The summed E-state index contributed by atoms with van der Waals surface area (Å²) in [5, 5.41) is 23.8. The minimum atomic E-state index is -0.438. The van der Waals surface area contributed by atoms with Gasteiger partial charge in [0.25, 0.3) is 0 Å². The average molecular weight is 265 g/mol. The number of aliphatic hydroxyl groups excluding tert-OH is 1. The molecule has 1 saturated carbocycles. The van der Waals surface area contributed by atoms with Gasteiger partial charge in [0.1, 0.15) is 0 Å². The van der Waals surface area contributed by atoms with Crippen molar-refractivity contribution in [3.8, 4) is 0 Å². The van der Waals surface area contributed by atoms with Gasteiger partial charge in [-0.2, -0.15) is 0 Å². The molecule has 1 aliphatic rings. The maximum Gasteiger partial charge on any atom is 0.311 e. The second kappa shape index (κ2) is 5.97. The fraction of sp³-hybridized carbons (Fsp3) is 0.615. The summed E-state index contributed by atoms with van der Waals surface area (Å²) in [5.74, 6) is 0.443. The van der Waals surface area contributed by atoms with Gasteiger partial charge in [-0.3, -0.25) is 10.1 Å². The van der Waals surface area contributed by atoms with Crippen molar-refractivity contribution in [2.75, 3.05) is 11.9 Å². The van der Waals surface area contributed by atoms with E-state index in [9.17, 15) is 15.2 Å². The Bertz CT molecular complexity index is 464. The first-order valence-corrected chi connectivity index (χ1v) is 6.62. The van der Waals surface area contributed by atoms with Crippen LogP contribution in [0, 0.1) is 23.0 Å². The SMILES string of the molecule is Cc1ccc([N+](=O)[O-])c(NCC2CCCCC2O)n1. The zero-order valence-corrected chi connectivity index (χ0v) is 11.0. The fourth-order valence-electron chi connectivity index (χ4n) is 2.48. The van der Waals surface area contributed by atoms with Crippen LogP contribution in [-0.2, 0) is 0 Å². The summed E-state index contributed by atoms with van der Waals surface area (Å²) in [4.78, 5) is 14.7. The maximum absolute atomic E-state index is 10.9. The average Bonchev–Trinajstić information content (AvgIpc) is 2.37. The van der Waals surface area contributed by atoms with E-state index in [1.165, 1.54) is 6.07 Å². The number of aromatic nitrogens is 1. The Hall–Kier alpha value is -1.69. The molecule has 1 aliphatic carbocycles. The maximum atomic E-state index is 10.9. The molecule has 2 rings (SSSR count). The molecule has 6 nitrogen and oxygen atoms in total. The van der Waals surface area contributed by atoms with E-state index in [-0.39, 0.29) is 17.7 Å². The summed E-state index contributed by atoms with van der Waals surface area (Å²) in [6, 6.07) is 3.08. The lowest BCUT2D eigenvalue weighted by Gasteiger charge is -2.27. The Labute approximate surface area is 112 Å². The van der Waals surface area contributed by atoms with Crippen molar-refractivity contribution >= 4 is 11.5 Å². The number of aliphatic hydroxyl groups is 1. The van der Waals surface area contributed by atoms with Crippen molar-refractivity contribution in [3.63, 3.8) is 0 Å². The number of anilines is 1. The highest BCUT2D eigenvalue weighted by molar-refractivity contribution is 5.56. The molecule has 2 atom stereocenters. The normalized spacial score (nSPS) is 23.1. The summed E-state index contributed by atoms with van der Waals surface area (Å²) in [7, 11) is 0. The number of rotatable bonds is 4. The molecule has 2 N–H and O–H groups in total. The second-order valence-corrected chi connectivity index (χ2v) is 5.07. The molecule has 0 bridgehead atoms. The largest absolute Gasteiger partial charge is 0.393 e. The fourth-order valence-corrected chi connectivity index (χ4v) is 2.48. The number of hydrogen-bond acceptors (Lipinski definition) is 5. The monoisotopic (exact) mass is 265 g/mol. The van der Waals surface area contributed by atoms with E-state index in [0.29, 0.717) is 12.4 Å². The minimum Gasteiger partial charge on any atom is -0.393 e. The van der Waals surface area contributed by atoms with Gasteiger partial charge in [-0.25, -0.2) is 4.98 Å². The van der Waals surface area contributed by atoms with Gasteiger partial charge in [-0.05, 0) is 25.8 Å². The van der Waals surface area contributed by atoms with E-state index < -0.39 is 4.92 Å². The number of pyridine rings is 1. The molecule has 1 aromatic heterocycles. The predicted octanol–water partition coefficient (Wildman–Crippen LogP) is 2.26. The first kappa shape index (κ1) is 13.7. The topological polar surface area (TPSA) is 88.3 Å². The highest BCUT2D eigenvalue weighted by atomic mass is 16.6. The highest BCUT2D eigenvalue weighted by Crippen LogP contribution is 2.27. The molecule has 6 heteroatoms. The van der Waals surface area contributed by atoms with Crippen LogP contribution in [0.2, 0.25) is 0 Å². The molecule has 0 spiro atoms. The molecule has 104 valence electrons. The Morgan fingerprint density at radius 2 is 2.21 bits per heavy atom. The molecular formula is C13H19N3O3. The summed E-state index contributed by atoms with van der Waals surface area (Å²) in [6.07, 6.45) is 3.61. The highest BCUT2D eigenvalue weighted by Gasteiger charge is 2.24. The number of nitrogens with zero attached hydrogens (tertiary/aromatic N) is 2. The van der Waals surface area contributed by atoms with Crippen LogP contribution in [0.1, 0.15) is 31.4 Å². The third-order valence-corrected chi connectivity index (χ3v) is 3.61. The second-order valence-electron chi connectivity index (χ2n) is 5.07. The van der Waals surface area contributed by atoms with Gasteiger partial charge in [0, 0.05) is 24.2 Å². The van der Waals surface area contributed by atoms with Gasteiger partial charge < -0.3 is 10.4 Å². The molecule has 1 fully saturated rings. The molecule has 0 amide bonds. The molecule has 0 saturated heterocycles. The first-order chi connectivity index (χ1) is 9.08. The molecule has 19 heavy (non-hydrogen) atoms. The van der Waals surface area contributed by atoms with Crippen LogP contribution in [0.4, 0.5) is 11.5 Å². The molecule has 0 aliphatic heterocycles. The summed E-state index contributed by atoms with van der Waals surface area (Å²) < 4.78 is 0. The van der Waals surface area contributed by atoms with Gasteiger partial charge in [-0.15, -0.1) is 0 Å². The van der Waals surface area contributed by atoms with Crippen molar-refractivity contribution in [3.05, 3.63) is 27.9 Å². The van der Waals surface area contributed by atoms with E-state index in [0.717, 1.165) is 31.4 Å². The molecule has 1 heterocycles. The molecule has 0 aromatic carbocycles. The quantitative estimate of drug-likeness (QED) is 0.644. The zero-order valence-electron chi connectivity index (χ0n) is 11.0. The lowest BCUT2D eigenvalue weighted by Crippen LogP contribution is -2.30. The van der Waals surface area contributed by atoms with Crippen LogP contribution in [0.15, 0.2) is 12.1 Å². The lowest BCUT2D eigenvalue weighted by molar-refractivity contribution is -0.384. The van der Waals surface area contributed by atoms with Crippen LogP contribution < -0.4 is 5.32 Å². The van der Waals surface area contributed by atoms with E-state index >= 15 is 0 Å². The summed E-state index contributed by atoms with van der Waals surface area (Å²) in [6.45, 7) is 2.32. The van der Waals surface area contributed by atoms with E-state index in [2.05, 4.69) is 10.3 Å². The minimum absolute atomic E-state index is 0.0177. The van der Waals surface area contributed by atoms with E-state index in [1.54, 1.807) is 13.0 Å². The van der Waals surface area contributed by atoms with E-state index in [4.69, 9.17) is 0 Å². The van der Waals surface area contributed by atoms with Crippen LogP contribution in [0.25, 0.3) is 0 Å². The Balaban J connectivity index is 2.05. The van der Waals surface area contributed by atoms with Crippen LogP contribution in [0.5, 0.6) is 0 Å². The number of nitrogens with one attached hydrogen (secondary N) is 1. The molecule has 2 unspecified atom stereocenters. The van der Waals surface area contributed by atoms with Crippen molar-refractivity contribution in [1.29, 1.82) is 0 Å². The molecule has 1 aromatic rings. The van der Waals surface area contributed by atoms with Gasteiger partial charge >= 0.3 is 5.69 Å². The third kappa shape index (κ3) is 3.41. The van der Waals surface area contributed by atoms with Gasteiger partial charge in [0.15, 0.2) is 0 Å². The molecular weight excluding hydrogens is 246 g/mol. The van der Waals surface area contributed by atoms with Crippen LogP contribution in [0.3, 0.4) is 0 Å². The van der Waals surface area contributed by atoms with Gasteiger partial charge in [0.05, 0.1) is 11.0 Å². The van der Waals surface area contributed by atoms with Crippen molar-refractivity contribution < 1.29 is 10.0 Å². The third-order valence-electron chi connectivity index (χ3n) is 3.61. The smallest absolute Gasteiger partial charge is 0.311 e. The van der Waals surface area contributed by atoms with Crippen molar-refractivity contribution in [2.24, 2.45) is 5.92 Å². The Morgan fingerprint density at radius 3 is 2.89 bits per heavy atom. The Morgan fingerprint density at radius 1 is 1.47 bits per heavy atom. The summed E-state index contributed by atoms with van der Waals surface area (Å²) >= 11 is 0. The number of nitro groups is 1. The first-order valence-electron chi connectivity index (χ1n) is 6.62. The van der Waals surface area contributed by atoms with E-state index in [1.807, 2.05) is 0 Å². The Kier molecular flexibility index (Phi) is 4.31. The van der Waals surface area contributed by atoms with Crippen LogP contribution >= 0.6 is 0 Å². The standard InChI is InChI=1S/C13H19N3O3/c1-9-6-7-11(16(18)19)13(15-9)14-8-10-4-2-3-5-12(10)17/h6-7,10,12,17H,2-5,8H2,1H3,(H,14,15). The molecule has 0 radical (unpaired) electrons. The number of hydrogen-bond donors (Lipinski definition) is 2. The lowest BCUT2D eigenvalue weighted by atomic mass is 9.86. The van der Waals surface area contributed by atoms with Crippen LogP contribution in [-0.4, -0.2) is 27.7 Å². The predicted molar refractivity (Wildman–Crippen MR) is 72.1 cm³/mol. The van der Waals surface area contributed by atoms with Crippen molar-refractivity contribution in [1.82, 2.24) is 4.98 Å². The zero-order chi connectivity index (χ0) is 13.8. The summed E-state index contributed by atoms with van der Waals surface area (Å²) in [5.41, 5.74) is 0.716. The van der Waals surface area contributed by atoms with Gasteiger partial charge in [-0.1, -0.05) is 12.8 Å².